The van der Waals surface area contributed by atoms with Crippen molar-refractivity contribution in [3.63, 3.8) is 0 Å². The van der Waals surface area contributed by atoms with Crippen LogP contribution in [-0.4, -0.2) is 45.8 Å². The molecule has 0 aliphatic carbocycles. The first kappa shape index (κ1) is 28.9. The number of aromatic nitrogens is 2. The molecular formula is C20H14Cl4F2N4O6. The quantitative estimate of drug-likeness (QED) is 0.287. The molecule has 0 saturated heterocycles. The summed E-state index contributed by atoms with van der Waals surface area (Å²) in [5.41, 5.74) is 10.2. The van der Waals surface area contributed by atoms with Crippen molar-refractivity contribution in [2.24, 2.45) is 0 Å². The first-order valence-electron chi connectivity index (χ1n) is 9.16. The molecule has 3 aromatic rings. The zero-order valence-corrected chi connectivity index (χ0v) is 20.8. The first-order chi connectivity index (χ1) is 16.8. The van der Waals surface area contributed by atoms with E-state index in [-0.39, 0.29) is 43.4 Å². The summed E-state index contributed by atoms with van der Waals surface area (Å²) in [5, 5.41) is 16.6. The van der Waals surface area contributed by atoms with E-state index < -0.39 is 46.9 Å². The van der Waals surface area contributed by atoms with Gasteiger partial charge in [0.05, 0.1) is 34.2 Å². The van der Waals surface area contributed by atoms with Gasteiger partial charge in [-0.2, -0.15) is 9.37 Å². The molecular weight excluding hydrogens is 572 g/mol. The normalized spacial score (nSPS) is 10.3. The number of nitrogens with two attached hydrogens (primary N) is 2. The second kappa shape index (κ2) is 12.1. The Labute approximate surface area is 221 Å². The third-order valence-electron chi connectivity index (χ3n) is 4.09. The lowest BCUT2D eigenvalue weighted by molar-refractivity contribution is -0.139. The van der Waals surface area contributed by atoms with Gasteiger partial charge in [-0.1, -0.05) is 46.4 Å². The molecule has 16 heteroatoms. The van der Waals surface area contributed by atoms with Gasteiger partial charge in [-0.25, -0.2) is 19.0 Å². The van der Waals surface area contributed by atoms with Gasteiger partial charge in [-0.3, -0.25) is 0 Å². The van der Waals surface area contributed by atoms with Gasteiger partial charge >= 0.3 is 11.9 Å². The zero-order valence-electron chi connectivity index (χ0n) is 17.8. The Balaban J connectivity index is 0.000000269. The van der Waals surface area contributed by atoms with Crippen molar-refractivity contribution in [1.29, 1.82) is 0 Å². The summed E-state index contributed by atoms with van der Waals surface area (Å²) in [6, 6.07) is 4.04. The molecule has 0 amide bonds. The number of ether oxygens (including phenoxy) is 2. The smallest absolute Gasteiger partial charge is 0.356 e. The number of hydrogen-bond donors (Lipinski definition) is 4. The summed E-state index contributed by atoms with van der Waals surface area (Å²) in [6.07, 6.45) is 0. The molecule has 6 N–H and O–H groups in total. The van der Waals surface area contributed by atoms with Crippen molar-refractivity contribution in [2.75, 3.05) is 25.2 Å². The van der Waals surface area contributed by atoms with Crippen LogP contribution in [0.5, 0.6) is 11.6 Å². The van der Waals surface area contributed by atoms with E-state index in [0.29, 0.717) is 0 Å². The maximum absolute atomic E-state index is 14.3. The lowest BCUT2D eigenvalue weighted by Crippen LogP contribution is -2.11. The lowest BCUT2D eigenvalue weighted by atomic mass is 10.1. The summed E-state index contributed by atoms with van der Waals surface area (Å²) in [7, 11) is 1.26. The highest BCUT2D eigenvalue weighted by molar-refractivity contribution is 6.39. The summed E-state index contributed by atoms with van der Waals surface area (Å²) < 4.78 is 36.7. The molecule has 192 valence electrons. The van der Waals surface area contributed by atoms with E-state index in [0.717, 1.165) is 0 Å². The van der Waals surface area contributed by atoms with E-state index >= 15 is 0 Å². The second-order valence-corrected chi connectivity index (χ2v) is 7.98. The number of rotatable bonds is 6. The fourth-order valence-electron chi connectivity index (χ4n) is 2.48. The van der Waals surface area contributed by atoms with Crippen LogP contribution in [0.2, 0.25) is 20.1 Å². The van der Waals surface area contributed by atoms with Gasteiger partial charge in [-0.05, 0) is 18.2 Å². The molecule has 0 aliphatic heterocycles. The Morgan fingerprint density at radius 2 is 1.67 bits per heavy atom. The van der Waals surface area contributed by atoms with Crippen molar-refractivity contribution in [3.05, 3.63) is 55.7 Å². The first-order valence-corrected chi connectivity index (χ1v) is 10.7. The number of aliphatic carboxylic acids is 1. The molecule has 0 atom stereocenters. The fraction of sp³-hybridized carbons (Fsp3) is 0.100. The van der Waals surface area contributed by atoms with Crippen LogP contribution in [-0.2, 0) is 4.79 Å². The monoisotopic (exact) mass is 584 g/mol. The van der Waals surface area contributed by atoms with Crippen molar-refractivity contribution in [1.82, 2.24) is 9.97 Å². The van der Waals surface area contributed by atoms with Crippen LogP contribution in [0.4, 0.5) is 20.2 Å². The van der Waals surface area contributed by atoms with Gasteiger partial charge < -0.3 is 31.2 Å². The number of carboxylic acids is 2. The molecule has 2 aromatic heterocycles. The Morgan fingerprint density at radius 1 is 1.03 bits per heavy atom. The highest BCUT2D eigenvalue weighted by Crippen LogP contribution is 2.37. The highest BCUT2D eigenvalue weighted by Gasteiger charge is 2.20. The van der Waals surface area contributed by atoms with Crippen LogP contribution in [0.25, 0.3) is 11.3 Å². The molecule has 0 bridgehead atoms. The number of benzene rings is 1. The minimum absolute atomic E-state index is 0.00196. The third kappa shape index (κ3) is 6.46. The Kier molecular flexibility index (Phi) is 9.70. The van der Waals surface area contributed by atoms with E-state index in [1.165, 1.54) is 25.3 Å². The number of anilines is 2. The predicted molar refractivity (Wildman–Crippen MR) is 129 cm³/mol. The largest absolute Gasteiger partial charge is 0.492 e. The van der Waals surface area contributed by atoms with Crippen LogP contribution in [0.15, 0.2) is 18.2 Å². The second-order valence-electron chi connectivity index (χ2n) is 6.44. The minimum atomic E-state index is -1.37. The van der Waals surface area contributed by atoms with Gasteiger partial charge in [0.2, 0.25) is 11.8 Å². The van der Waals surface area contributed by atoms with E-state index in [1.54, 1.807) is 0 Å². The molecule has 1 aromatic carbocycles. The van der Waals surface area contributed by atoms with Crippen molar-refractivity contribution in [2.45, 2.75) is 0 Å². The van der Waals surface area contributed by atoms with E-state index in [2.05, 4.69) is 14.7 Å². The van der Waals surface area contributed by atoms with E-state index in [1.807, 2.05) is 0 Å². The average molecular weight is 586 g/mol. The van der Waals surface area contributed by atoms with Crippen molar-refractivity contribution >= 4 is 69.7 Å². The minimum Gasteiger partial charge on any atom is -0.492 e. The molecule has 2 heterocycles. The molecule has 0 radical (unpaired) electrons. The van der Waals surface area contributed by atoms with Gasteiger partial charge in [0, 0.05) is 5.56 Å². The fourth-order valence-corrected chi connectivity index (χ4v) is 3.26. The number of pyridine rings is 2. The number of carbonyl (C=O) groups is 2. The number of methoxy groups -OCH3 is 1. The van der Waals surface area contributed by atoms with Gasteiger partial charge in [0.25, 0.3) is 0 Å². The molecule has 0 spiro atoms. The Bertz CT molecular complexity index is 1350. The molecule has 0 unspecified atom stereocenters. The standard InChI is InChI=1S/C13H9Cl2FN2O3.C7H5Cl2FN2O3/c1-21-12-6(14)3-2-5(10(12)16)8-4-7(17)9(15)11(18-8)13(19)20;8-3-5(11)4(9)7(12-6(3)10)15-1-2(13)14/h2-4H,1H3,(H2,17,18)(H,19,20);1H2,(H2,11,12)(H,13,14). The average Bonchev–Trinajstić information content (AvgIpc) is 2.81. The zero-order chi connectivity index (χ0) is 27.3. The molecule has 0 aliphatic rings. The SMILES string of the molecule is COc1c(Cl)ccc(-c2cc(N)c(Cl)c(C(=O)O)n2)c1F.Nc1c(Cl)c(F)nc(OCC(=O)O)c1Cl. The van der Waals surface area contributed by atoms with Crippen molar-refractivity contribution < 1.29 is 38.1 Å². The third-order valence-corrected chi connectivity index (χ3v) is 5.51. The van der Waals surface area contributed by atoms with Gasteiger partial charge in [-0.15, -0.1) is 0 Å². The van der Waals surface area contributed by atoms with Crippen LogP contribution in [0, 0.1) is 11.8 Å². The van der Waals surface area contributed by atoms with Gasteiger partial charge in [0.1, 0.15) is 10.0 Å². The number of nitrogens with zero attached hydrogens (tertiary/aromatic N) is 2. The number of hydrogen-bond acceptors (Lipinski definition) is 8. The molecule has 0 fully saturated rings. The Morgan fingerprint density at radius 3 is 2.22 bits per heavy atom. The number of nitrogen functional groups attached to an aromatic ring is 2. The van der Waals surface area contributed by atoms with E-state index in [4.69, 9.17) is 72.8 Å². The van der Waals surface area contributed by atoms with Crippen LogP contribution in [0.3, 0.4) is 0 Å². The lowest BCUT2D eigenvalue weighted by Gasteiger charge is -2.11. The van der Waals surface area contributed by atoms with Crippen LogP contribution >= 0.6 is 46.4 Å². The predicted octanol–water partition coefficient (Wildman–Crippen LogP) is 5.06. The number of carboxylic acid groups (broad SMARTS) is 2. The number of halogens is 6. The maximum atomic E-state index is 14.3. The highest BCUT2D eigenvalue weighted by atomic mass is 35.5. The Hall–Kier alpha value is -3.32. The van der Waals surface area contributed by atoms with E-state index in [9.17, 15) is 18.4 Å². The topological polar surface area (TPSA) is 171 Å². The number of aromatic carboxylic acids is 1. The summed E-state index contributed by atoms with van der Waals surface area (Å²) in [6.45, 7) is -0.701. The van der Waals surface area contributed by atoms with Crippen LogP contribution in [0.1, 0.15) is 10.5 Å². The summed E-state index contributed by atoms with van der Waals surface area (Å²) in [4.78, 5) is 28.3. The van der Waals surface area contributed by atoms with Gasteiger partial charge in [0.15, 0.2) is 23.9 Å². The molecule has 10 nitrogen and oxygen atoms in total. The molecule has 3 rings (SSSR count). The maximum Gasteiger partial charge on any atom is 0.356 e. The van der Waals surface area contributed by atoms with Crippen LogP contribution < -0.4 is 20.9 Å². The molecule has 36 heavy (non-hydrogen) atoms. The summed E-state index contributed by atoms with van der Waals surface area (Å²) >= 11 is 22.6. The summed E-state index contributed by atoms with van der Waals surface area (Å²) in [5.74, 6) is -5.02. The molecule has 0 saturated carbocycles. The van der Waals surface area contributed by atoms with Crippen molar-refractivity contribution in [3.8, 4) is 22.9 Å².